The van der Waals surface area contributed by atoms with Crippen LogP contribution in [0, 0.1) is 0 Å². The van der Waals surface area contributed by atoms with E-state index in [-0.39, 0.29) is 19.6 Å². The molecule has 1 rings (SSSR count). The number of hydrogen-bond acceptors (Lipinski definition) is 5. The van der Waals surface area contributed by atoms with Gasteiger partial charge in [0.15, 0.2) is 0 Å². The number of alkyl carbamates (subject to hydrolysis) is 1. The summed E-state index contributed by atoms with van der Waals surface area (Å²) in [7, 11) is 0. The van der Waals surface area contributed by atoms with Gasteiger partial charge < -0.3 is 19.6 Å². The van der Waals surface area contributed by atoms with Gasteiger partial charge in [0.05, 0.1) is 0 Å². The molecule has 1 atom stereocenters. The molecule has 1 N–H and O–H groups in total. The predicted molar refractivity (Wildman–Crippen MR) is 75.4 cm³/mol. The maximum absolute atomic E-state index is 11.6. The lowest BCUT2D eigenvalue weighted by Crippen LogP contribution is -2.42. The Morgan fingerprint density at radius 1 is 1.24 bits per heavy atom. The molecule has 0 unspecified atom stereocenters. The van der Waals surface area contributed by atoms with Gasteiger partial charge in [-0.2, -0.15) is 0 Å². The standard InChI is InChI=1S/C15H17NO5/c1-2-10-20-14(18)13(8-9-17)16-15(19)21-11-12-6-4-3-5-7-12/h2-7,9,13H,1,8,10-11H2,(H,16,19)/t13-/m0/s1. The summed E-state index contributed by atoms with van der Waals surface area (Å²) in [6.45, 7) is 3.48. The van der Waals surface area contributed by atoms with Crippen LogP contribution in [0.15, 0.2) is 43.0 Å². The number of ether oxygens (including phenoxy) is 2. The molecule has 0 saturated heterocycles. The smallest absolute Gasteiger partial charge is 0.408 e. The first-order valence-electron chi connectivity index (χ1n) is 6.35. The SMILES string of the molecule is C=CCOC(=O)[C@H](CC=O)NC(=O)OCc1ccccc1. The second-order valence-electron chi connectivity index (χ2n) is 4.08. The van der Waals surface area contributed by atoms with Crippen LogP contribution >= 0.6 is 0 Å². The summed E-state index contributed by atoms with van der Waals surface area (Å²) in [4.78, 5) is 33.7. The topological polar surface area (TPSA) is 81.7 Å². The molecule has 1 amide bonds. The van der Waals surface area contributed by atoms with Crippen molar-refractivity contribution in [1.29, 1.82) is 0 Å². The minimum atomic E-state index is -1.06. The maximum atomic E-state index is 11.6. The van der Waals surface area contributed by atoms with Crippen LogP contribution in [0.25, 0.3) is 0 Å². The van der Waals surface area contributed by atoms with Crippen molar-refractivity contribution >= 4 is 18.3 Å². The molecule has 0 bridgehead atoms. The minimum Gasteiger partial charge on any atom is -0.460 e. The van der Waals surface area contributed by atoms with Gasteiger partial charge in [0, 0.05) is 6.42 Å². The van der Waals surface area contributed by atoms with E-state index < -0.39 is 18.1 Å². The van der Waals surface area contributed by atoms with Gasteiger partial charge >= 0.3 is 12.1 Å². The van der Waals surface area contributed by atoms with Crippen molar-refractivity contribution in [3.05, 3.63) is 48.6 Å². The molecule has 6 nitrogen and oxygen atoms in total. The van der Waals surface area contributed by atoms with Gasteiger partial charge in [-0.25, -0.2) is 9.59 Å². The quantitative estimate of drug-likeness (QED) is 0.447. The molecular formula is C15H17NO5. The number of carbonyl (C=O) groups is 3. The zero-order valence-electron chi connectivity index (χ0n) is 11.5. The summed E-state index contributed by atoms with van der Waals surface area (Å²) in [6, 6.07) is 8.02. The van der Waals surface area contributed by atoms with Crippen LogP contribution in [0.2, 0.25) is 0 Å². The van der Waals surface area contributed by atoms with Crippen molar-refractivity contribution in [2.24, 2.45) is 0 Å². The van der Waals surface area contributed by atoms with Crippen molar-refractivity contribution < 1.29 is 23.9 Å². The van der Waals surface area contributed by atoms with Crippen LogP contribution in [0.5, 0.6) is 0 Å². The van der Waals surface area contributed by atoms with Crippen LogP contribution in [0.1, 0.15) is 12.0 Å². The highest BCUT2D eigenvalue weighted by Gasteiger charge is 2.22. The number of hydrogen-bond donors (Lipinski definition) is 1. The van der Waals surface area contributed by atoms with E-state index in [0.717, 1.165) is 5.56 Å². The molecule has 0 spiro atoms. The Morgan fingerprint density at radius 2 is 1.95 bits per heavy atom. The molecule has 0 aliphatic heterocycles. The minimum absolute atomic E-state index is 0.00886. The van der Waals surface area contributed by atoms with Gasteiger partial charge in [-0.3, -0.25) is 0 Å². The first kappa shape index (κ1) is 16.4. The fourth-order valence-corrected chi connectivity index (χ4v) is 1.46. The Balaban J connectivity index is 2.46. The van der Waals surface area contributed by atoms with Crippen molar-refractivity contribution in [2.45, 2.75) is 19.1 Å². The Hall–Kier alpha value is -2.63. The van der Waals surface area contributed by atoms with Crippen molar-refractivity contribution in [1.82, 2.24) is 5.32 Å². The van der Waals surface area contributed by atoms with Gasteiger partial charge in [0.25, 0.3) is 0 Å². The lowest BCUT2D eigenvalue weighted by Gasteiger charge is -2.14. The number of nitrogens with one attached hydrogen (secondary N) is 1. The molecule has 0 aliphatic rings. The normalized spacial score (nSPS) is 11.0. The molecule has 0 radical (unpaired) electrons. The van der Waals surface area contributed by atoms with Gasteiger partial charge in [-0.15, -0.1) is 0 Å². The van der Waals surface area contributed by atoms with Crippen molar-refractivity contribution in [2.75, 3.05) is 6.61 Å². The molecule has 0 fully saturated rings. The van der Waals surface area contributed by atoms with Gasteiger partial charge in [0.2, 0.25) is 0 Å². The maximum Gasteiger partial charge on any atom is 0.408 e. The van der Waals surface area contributed by atoms with Crippen LogP contribution in [0.4, 0.5) is 4.79 Å². The highest BCUT2D eigenvalue weighted by atomic mass is 16.6. The van der Waals surface area contributed by atoms with E-state index in [2.05, 4.69) is 11.9 Å². The molecule has 0 aliphatic carbocycles. The van der Waals surface area contributed by atoms with E-state index in [9.17, 15) is 14.4 Å². The molecule has 1 aromatic rings. The molecule has 0 heterocycles. The number of carbonyl (C=O) groups excluding carboxylic acids is 3. The third-order valence-electron chi connectivity index (χ3n) is 2.46. The third-order valence-corrected chi connectivity index (χ3v) is 2.46. The first-order valence-corrected chi connectivity index (χ1v) is 6.35. The van der Waals surface area contributed by atoms with Crippen molar-refractivity contribution in [3.63, 3.8) is 0 Å². The van der Waals surface area contributed by atoms with E-state index in [1.165, 1.54) is 6.08 Å². The number of esters is 1. The summed E-state index contributed by atoms with van der Waals surface area (Å²) in [5.41, 5.74) is 0.814. The fraction of sp³-hybridized carbons (Fsp3) is 0.267. The highest BCUT2D eigenvalue weighted by molar-refractivity contribution is 5.83. The lowest BCUT2D eigenvalue weighted by molar-refractivity contribution is -0.145. The third kappa shape index (κ3) is 6.38. The Kier molecular flexibility index (Phi) is 7.28. The molecule has 6 heteroatoms. The predicted octanol–water partition coefficient (Wildman–Crippen LogP) is 1.60. The summed E-state index contributed by atoms with van der Waals surface area (Å²) in [6.07, 6.45) is 0.943. The van der Waals surface area contributed by atoms with Crippen LogP contribution in [0.3, 0.4) is 0 Å². The molecule has 21 heavy (non-hydrogen) atoms. The van der Waals surface area contributed by atoms with Crippen LogP contribution in [-0.4, -0.2) is 31.0 Å². The van der Waals surface area contributed by atoms with E-state index in [0.29, 0.717) is 6.29 Å². The summed E-state index contributed by atoms with van der Waals surface area (Å²) in [5, 5.41) is 2.30. The number of benzene rings is 1. The van der Waals surface area contributed by atoms with Gasteiger partial charge in [0.1, 0.15) is 25.5 Å². The summed E-state index contributed by atoms with van der Waals surface area (Å²) < 4.78 is 9.75. The second-order valence-corrected chi connectivity index (χ2v) is 4.08. The Bertz CT molecular complexity index is 486. The summed E-state index contributed by atoms with van der Waals surface area (Å²) >= 11 is 0. The monoisotopic (exact) mass is 291 g/mol. The molecule has 0 aromatic heterocycles. The van der Waals surface area contributed by atoms with E-state index in [1.54, 1.807) is 12.1 Å². The zero-order valence-corrected chi connectivity index (χ0v) is 11.5. The zero-order chi connectivity index (χ0) is 15.5. The highest BCUT2D eigenvalue weighted by Crippen LogP contribution is 2.01. The Labute approximate surface area is 122 Å². The number of aldehydes is 1. The van der Waals surface area contributed by atoms with Gasteiger partial charge in [-0.1, -0.05) is 43.0 Å². The Morgan fingerprint density at radius 3 is 2.57 bits per heavy atom. The van der Waals surface area contributed by atoms with E-state index >= 15 is 0 Å². The molecule has 0 saturated carbocycles. The van der Waals surface area contributed by atoms with Gasteiger partial charge in [-0.05, 0) is 5.56 Å². The van der Waals surface area contributed by atoms with Crippen LogP contribution in [-0.2, 0) is 25.7 Å². The number of rotatable bonds is 8. The molecular weight excluding hydrogens is 274 g/mol. The van der Waals surface area contributed by atoms with E-state index in [1.807, 2.05) is 18.2 Å². The number of amides is 1. The molecule has 112 valence electrons. The van der Waals surface area contributed by atoms with E-state index in [4.69, 9.17) is 9.47 Å². The second kappa shape index (κ2) is 9.30. The average Bonchev–Trinajstić information content (AvgIpc) is 2.51. The average molecular weight is 291 g/mol. The van der Waals surface area contributed by atoms with Crippen molar-refractivity contribution in [3.8, 4) is 0 Å². The molecule has 1 aromatic carbocycles. The van der Waals surface area contributed by atoms with Crippen LogP contribution < -0.4 is 5.32 Å². The summed E-state index contributed by atoms with van der Waals surface area (Å²) in [5.74, 6) is -0.710. The first-order chi connectivity index (χ1) is 10.2. The largest absolute Gasteiger partial charge is 0.460 e. The lowest BCUT2D eigenvalue weighted by atomic mass is 10.2. The fourth-order valence-electron chi connectivity index (χ4n) is 1.46.